The Labute approximate surface area is 152 Å². The van der Waals surface area contributed by atoms with Gasteiger partial charge in [0.2, 0.25) is 11.9 Å². The van der Waals surface area contributed by atoms with E-state index in [9.17, 15) is 5.11 Å². The van der Waals surface area contributed by atoms with Gasteiger partial charge in [0.1, 0.15) is 0 Å². The summed E-state index contributed by atoms with van der Waals surface area (Å²) < 4.78 is 0. The van der Waals surface area contributed by atoms with Gasteiger partial charge in [-0.05, 0) is 31.4 Å². The van der Waals surface area contributed by atoms with E-state index in [-0.39, 0.29) is 12.1 Å². The molecule has 2 unspecified atom stereocenters. The fraction of sp³-hybridized carbons (Fsp3) is 0.250. The van der Waals surface area contributed by atoms with Gasteiger partial charge in [-0.3, -0.25) is 0 Å². The lowest BCUT2D eigenvalue weighted by atomic mass is 10.2. The third kappa shape index (κ3) is 3.81. The van der Waals surface area contributed by atoms with E-state index in [4.69, 9.17) is 0 Å². The average Bonchev–Trinajstić information content (AvgIpc) is 3.08. The average molecular weight is 347 g/mol. The molecule has 1 aromatic heterocycles. The van der Waals surface area contributed by atoms with Crippen LogP contribution in [0.4, 0.5) is 17.6 Å². The van der Waals surface area contributed by atoms with Gasteiger partial charge in [-0.2, -0.15) is 15.0 Å². The Morgan fingerprint density at radius 1 is 0.808 bits per heavy atom. The summed E-state index contributed by atoms with van der Waals surface area (Å²) in [5, 5.41) is 16.6. The number of aliphatic hydroxyl groups is 1. The summed E-state index contributed by atoms with van der Waals surface area (Å²) in [6.07, 6.45) is 2.36. The van der Waals surface area contributed by atoms with Crippen LogP contribution < -0.4 is 10.6 Å². The zero-order valence-electron chi connectivity index (χ0n) is 14.3. The van der Waals surface area contributed by atoms with Crippen molar-refractivity contribution in [2.45, 2.75) is 31.4 Å². The molecular weight excluding hydrogens is 326 g/mol. The van der Waals surface area contributed by atoms with Gasteiger partial charge in [-0.25, -0.2) is 0 Å². The number of hydrogen-bond acceptors (Lipinski definition) is 6. The Morgan fingerprint density at radius 2 is 1.50 bits per heavy atom. The smallest absolute Gasteiger partial charge is 0.232 e. The van der Waals surface area contributed by atoms with Gasteiger partial charge in [-0.15, -0.1) is 0 Å². The van der Waals surface area contributed by atoms with Crippen molar-refractivity contribution in [2.75, 3.05) is 10.6 Å². The monoisotopic (exact) mass is 347 g/mol. The Bertz CT molecular complexity index is 857. The highest BCUT2D eigenvalue weighted by atomic mass is 16.3. The molecule has 0 amide bonds. The minimum atomic E-state index is -0.363. The lowest BCUT2D eigenvalue weighted by Crippen LogP contribution is -2.29. The zero-order chi connectivity index (χ0) is 17.8. The summed E-state index contributed by atoms with van der Waals surface area (Å²) in [5.41, 5.74) is 1.82. The second-order valence-corrected chi connectivity index (χ2v) is 6.41. The highest BCUT2D eigenvalue weighted by Crippen LogP contribution is 2.24. The predicted molar refractivity (Wildman–Crippen MR) is 102 cm³/mol. The van der Waals surface area contributed by atoms with Crippen LogP contribution in [0.15, 0.2) is 60.7 Å². The Hall–Kier alpha value is -2.99. The molecule has 1 saturated carbocycles. The van der Waals surface area contributed by atoms with Crippen molar-refractivity contribution in [1.82, 2.24) is 15.0 Å². The van der Waals surface area contributed by atoms with Crippen LogP contribution in [0.3, 0.4) is 0 Å². The minimum absolute atomic E-state index is 0.0226. The van der Waals surface area contributed by atoms with Gasteiger partial charge in [-0.1, -0.05) is 48.5 Å². The van der Waals surface area contributed by atoms with Crippen molar-refractivity contribution in [1.29, 1.82) is 0 Å². The van der Waals surface area contributed by atoms with E-state index in [1.54, 1.807) is 0 Å². The first-order valence-electron chi connectivity index (χ1n) is 8.86. The van der Waals surface area contributed by atoms with Crippen LogP contribution in [0.2, 0.25) is 0 Å². The number of benzene rings is 2. The largest absolute Gasteiger partial charge is 0.391 e. The fourth-order valence-electron chi connectivity index (χ4n) is 3.14. The van der Waals surface area contributed by atoms with Crippen LogP contribution in [-0.2, 0) is 0 Å². The number of aromatic nitrogens is 3. The highest BCUT2D eigenvalue weighted by Gasteiger charge is 2.26. The van der Waals surface area contributed by atoms with Crippen molar-refractivity contribution >= 4 is 17.6 Å². The molecule has 3 aromatic rings. The van der Waals surface area contributed by atoms with E-state index >= 15 is 0 Å². The van der Waals surface area contributed by atoms with Gasteiger partial charge in [0.15, 0.2) is 5.82 Å². The maximum Gasteiger partial charge on any atom is 0.232 e. The van der Waals surface area contributed by atoms with E-state index in [1.807, 2.05) is 60.7 Å². The number of aliphatic hydroxyl groups excluding tert-OH is 1. The second kappa shape index (κ2) is 7.49. The molecule has 3 N–H and O–H groups in total. The van der Waals surface area contributed by atoms with E-state index in [1.165, 1.54) is 0 Å². The second-order valence-electron chi connectivity index (χ2n) is 6.41. The van der Waals surface area contributed by atoms with E-state index in [2.05, 4.69) is 25.6 Å². The van der Waals surface area contributed by atoms with Crippen LogP contribution >= 0.6 is 0 Å². The quantitative estimate of drug-likeness (QED) is 0.654. The number of rotatable bonds is 5. The maximum absolute atomic E-state index is 10.1. The number of para-hydroxylation sites is 1. The summed E-state index contributed by atoms with van der Waals surface area (Å²) in [4.78, 5) is 13.6. The Balaban J connectivity index is 1.67. The lowest BCUT2D eigenvalue weighted by molar-refractivity contribution is 0.171. The van der Waals surface area contributed by atoms with Gasteiger partial charge in [0.05, 0.1) is 12.1 Å². The van der Waals surface area contributed by atoms with Crippen molar-refractivity contribution in [3.63, 3.8) is 0 Å². The first-order chi connectivity index (χ1) is 12.8. The highest BCUT2D eigenvalue weighted by molar-refractivity contribution is 5.61. The molecule has 0 saturated heterocycles. The SMILES string of the molecule is OC1CCCC1Nc1nc(Nc2ccccc2)nc(-c2ccccc2)n1. The molecule has 26 heavy (non-hydrogen) atoms. The van der Waals surface area contributed by atoms with Gasteiger partial charge >= 0.3 is 0 Å². The summed E-state index contributed by atoms with van der Waals surface area (Å²) in [5.74, 6) is 1.54. The van der Waals surface area contributed by atoms with E-state index in [0.29, 0.717) is 17.7 Å². The Kier molecular flexibility index (Phi) is 4.75. The third-order valence-electron chi connectivity index (χ3n) is 4.49. The number of nitrogens with one attached hydrogen (secondary N) is 2. The lowest BCUT2D eigenvalue weighted by Gasteiger charge is -2.17. The number of nitrogens with zero attached hydrogens (tertiary/aromatic N) is 3. The first kappa shape index (κ1) is 16.5. The third-order valence-corrected chi connectivity index (χ3v) is 4.49. The molecule has 0 radical (unpaired) electrons. The van der Waals surface area contributed by atoms with E-state index < -0.39 is 0 Å². The van der Waals surface area contributed by atoms with Crippen LogP contribution in [0.25, 0.3) is 11.4 Å². The van der Waals surface area contributed by atoms with Crippen molar-refractivity contribution in [3.05, 3.63) is 60.7 Å². The molecule has 6 heteroatoms. The molecule has 1 heterocycles. The molecule has 2 atom stereocenters. The summed E-state index contributed by atoms with van der Waals surface area (Å²) in [7, 11) is 0. The number of anilines is 3. The van der Waals surface area contributed by atoms with Crippen molar-refractivity contribution in [3.8, 4) is 11.4 Å². The molecule has 1 aliphatic carbocycles. The van der Waals surface area contributed by atoms with Crippen LogP contribution in [-0.4, -0.2) is 32.2 Å². The first-order valence-corrected chi connectivity index (χ1v) is 8.86. The molecular formula is C20H21N5O. The molecule has 2 aromatic carbocycles. The summed E-state index contributed by atoms with van der Waals surface area (Å²) in [6.45, 7) is 0. The Morgan fingerprint density at radius 3 is 2.19 bits per heavy atom. The van der Waals surface area contributed by atoms with Gasteiger partial charge in [0.25, 0.3) is 0 Å². The van der Waals surface area contributed by atoms with Crippen LogP contribution in [0, 0.1) is 0 Å². The molecule has 4 rings (SSSR count). The fourth-order valence-corrected chi connectivity index (χ4v) is 3.14. The molecule has 0 spiro atoms. The standard InChI is InChI=1S/C20H21N5O/c26-17-13-7-12-16(17)22-20-24-18(14-8-3-1-4-9-14)23-19(25-20)21-15-10-5-2-6-11-15/h1-6,8-11,16-17,26H,7,12-13H2,(H2,21,22,23,24,25). The van der Waals surface area contributed by atoms with E-state index in [0.717, 1.165) is 30.5 Å². The molecule has 0 aliphatic heterocycles. The molecule has 1 fully saturated rings. The van der Waals surface area contributed by atoms with Gasteiger partial charge < -0.3 is 15.7 Å². The van der Waals surface area contributed by atoms with Gasteiger partial charge in [0, 0.05) is 11.3 Å². The molecule has 1 aliphatic rings. The normalized spacial score (nSPS) is 19.3. The summed E-state index contributed by atoms with van der Waals surface area (Å²) >= 11 is 0. The molecule has 6 nitrogen and oxygen atoms in total. The molecule has 132 valence electrons. The molecule has 0 bridgehead atoms. The minimum Gasteiger partial charge on any atom is -0.391 e. The topological polar surface area (TPSA) is 83.0 Å². The van der Waals surface area contributed by atoms with Crippen LogP contribution in [0.1, 0.15) is 19.3 Å². The maximum atomic E-state index is 10.1. The van der Waals surface area contributed by atoms with Crippen LogP contribution in [0.5, 0.6) is 0 Å². The predicted octanol–water partition coefficient (Wildman–Crippen LogP) is 3.61. The van der Waals surface area contributed by atoms with Crippen molar-refractivity contribution in [2.24, 2.45) is 0 Å². The summed E-state index contributed by atoms with van der Waals surface area (Å²) in [6, 6.07) is 19.6. The van der Waals surface area contributed by atoms with Crippen molar-refractivity contribution < 1.29 is 5.11 Å². The number of hydrogen-bond donors (Lipinski definition) is 3. The zero-order valence-corrected chi connectivity index (χ0v) is 14.3.